The van der Waals surface area contributed by atoms with Gasteiger partial charge in [0.05, 0.1) is 10.6 Å². The van der Waals surface area contributed by atoms with Gasteiger partial charge in [0, 0.05) is 16.0 Å². The summed E-state index contributed by atoms with van der Waals surface area (Å²) in [6, 6.07) is 8.95. The third-order valence-corrected chi connectivity index (χ3v) is 7.00. The maximum absolute atomic E-state index is 13.1. The largest absolute Gasteiger partial charge is 0.298 e. The van der Waals surface area contributed by atoms with Crippen LogP contribution in [0.5, 0.6) is 0 Å². The van der Waals surface area contributed by atoms with Gasteiger partial charge < -0.3 is 0 Å². The predicted octanol–water partition coefficient (Wildman–Crippen LogP) is 4.03. The number of rotatable bonds is 5. The molecule has 0 saturated carbocycles. The molecule has 0 spiro atoms. The molecular formula is C20H20FN3O3S2. The minimum atomic E-state index is -3.70. The molecule has 2 N–H and O–H groups in total. The van der Waals surface area contributed by atoms with Gasteiger partial charge in [0.1, 0.15) is 5.82 Å². The minimum absolute atomic E-state index is 0.0625. The molecule has 3 rings (SSSR count). The first-order valence-electron chi connectivity index (χ1n) is 8.72. The van der Waals surface area contributed by atoms with Crippen LogP contribution in [0.2, 0.25) is 0 Å². The van der Waals surface area contributed by atoms with Crippen LogP contribution in [-0.2, 0) is 10.0 Å². The summed E-state index contributed by atoms with van der Waals surface area (Å²) in [6.07, 6.45) is 0. The Labute approximate surface area is 172 Å². The number of amides is 1. The summed E-state index contributed by atoms with van der Waals surface area (Å²) >= 11 is 1.29. The third-order valence-electron chi connectivity index (χ3n) is 4.57. The highest BCUT2D eigenvalue weighted by atomic mass is 32.2. The van der Waals surface area contributed by atoms with Crippen molar-refractivity contribution in [2.45, 2.75) is 25.7 Å². The second-order valence-corrected chi connectivity index (χ2v) is 9.57. The van der Waals surface area contributed by atoms with E-state index in [0.29, 0.717) is 22.0 Å². The summed E-state index contributed by atoms with van der Waals surface area (Å²) in [4.78, 5) is 18.1. The van der Waals surface area contributed by atoms with Gasteiger partial charge in [-0.2, -0.15) is 0 Å². The van der Waals surface area contributed by atoms with Gasteiger partial charge in [0.15, 0.2) is 5.13 Å². The molecule has 0 fully saturated rings. The van der Waals surface area contributed by atoms with E-state index >= 15 is 0 Å². The van der Waals surface area contributed by atoms with Gasteiger partial charge in [-0.3, -0.25) is 10.1 Å². The summed E-state index contributed by atoms with van der Waals surface area (Å²) in [5, 5.41) is 3.10. The van der Waals surface area contributed by atoms with Crippen LogP contribution < -0.4 is 10.0 Å². The van der Waals surface area contributed by atoms with Gasteiger partial charge in [0.25, 0.3) is 5.91 Å². The van der Waals surface area contributed by atoms with Gasteiger partial charge in [-0.25, -0.2) is 22.5 Å². The van der Waals surface area contributed by atoms with E-state index in [4.69, 9.17) is 0 Å². The Morgan fingerprint density at radius 2 is 1.76 bits per heavy atom. The van der Waals surface area contributed by atoms with Crippen molar-refractivity contribution in [3.05, 3.63) is 63.8 Å². The van der Waals surface area contributed by atoms with Crippen LogP contribution in [0.15, 0.2) is 41.3 Å². The molecule has 1 amide bonds. The lowest BCUT2D eigenvalue weighted by atomic mass is 10.1. The summed E-state index contributed by atoms with van der Waals surface area (Å²) in [7, 11) is -2.37. The highest BCUT2D eigenvalue weighted by Crippen LogP contribution is 2.31. The predicted molar refractivity (Wildman–Crippen MR) is 112 cm³/mol. The lowest BCUT2D eigenvalue weighted by Gasteiger charge is -2.12. The number of hydrogen-bond acceptors (Lipinski definition) is 5. The summed E-state index contributed by atoms with van der Waals surface area (Å²) in [5.74, 6) is -0.794. The molecule has 0 bridgehead atoms. The zero-order valence-corrected chi connectivity index (χ0v) is 18.0. The number of halogens is 1. The Kier molecular flexibility index (Phi) is 5.83. The fourth-order valence-corrected chi connectivity index (χ4v) is 4.74. The zero-order chi connectivity index (χ0) is 21.3. The van der Waals surface area contributed by atoms with E-state index in [9.17, 15) is 17.6 Å². The number of thiazole rings is 1. The summed E-state index contributed by atoms with van der Waals surface area (Å²) in [5.41, 5.74) is 2.89. The number of aromatic nitrogens is 1. The van der Waals surface area contributed by atoms with E-state index < -0.39 is 15.9 Å². The smallest absolute Gasteiger partial charge is 0.257 e. The first-order valence-corrected chi connectivity index (χ1v) is 11.0. The van der Waals surface area contributed by atoms with Crippen molar-refractivity contribution >= 4 is 32.4 Å². The molecule has 0 radical (unpaired) electrons. The Morgan fingerprint density at radius 3 is 2.38 bits per heavy atom. The number of nitrogens with zero attached hydrogens (tertiary/aromatic N) is 1. The monoisotopic (exact) mass is 433 g/mol. The second kappa shape index (κ2) is 8.02. The van der Waals surface area contributed by atoms with Crippen LogP contribution in [0.25, 0.3) is 11.3 Å². The molecular weight excluding hydrogens is 413 g/mol. The van der Waals surface area contributed by atoms with Crippen molar-refractivity contribution in [3.63, 3.8) is 0 Å². The third kappa shape index (κ3) is 4.36. The van der Waals surface area contributed by atoms with Gasteiger partial charge in [0.2, 0.25) is 10.0 Å². The Balaban J connectivity index is 1.92. The van der Waals surface area contributed by atoms with Crippen LogP contribution in [0.3, 0.4) is 0 Å². The molecule has 29 heavy (non-hydrogen) atoms. The summed E-state index contributed by atoms with van der Waals surface area (Å²) < 4.78 is 39.9. The Morgan fingerprint density at radius 1 is 1.10 bits per heavy atom. The fourth-order valence-electron chi connectivity index (χ4n) is 2.84. The van der Waals surface area contributed by atoms with Crippen LogP contribution in [0.1, 0.15) is 26.4 Å². The molecule has 0 aliphatic carbocycles. The van der Waals surface area contributed by atoms with E-state index in [-0.39, 0.29) is 16.3 Å². The number of carbonyl (C=O) groups excluding carboxylic acids is 1. The van der Waals surface area contributed by atoms with Crippen LogP contribution in [-0.4, -0.2) is 26.4 Å². The number of aryl methyl sites for hydroxylation is 2. The minimum Gasteiger partial charge on any atom is -0.298 e. The van der Waals surface area contributed by atoms with E-state index in [1.807, 2.05) is 6.92 Å². The quantitative estimate of drug-likeness (QED) is 0.636. The summed E-state index contributed by atoms with van der Waals surface area (Å²) in [6.45, 7) is 5.31. The van der Waals surface area contributed by atoms with Crippen molar-refractivity contribution in [1.29, 1.82) is 0 Å². The average molecular weight is 434 g/mol. The first-order chi connectivity index (χ1) is 13.6. The molecule has 1 heterocycles. The van der Waals surface area contributed by atoms with E-state index in [0.717, 1.165) is 10.4 Å². The fraction of sp³-hybridized carbons (Fsp3) is 0.200. The molecule has 0 saturated heterocycles. The molecule has 0 atom stereocenters. The van der Waals surface area contributed by atoms with Crippen LogP contribution in [0, 0.1) is 26.6 Å². The molecule has 0 aliphatic rings. The van der Waals surface area contributed by atoms with E-state index in [2.05, 4.69) is 15.0 Å². The van der Waals surface area contributed by atoms with Crippen LogP contribution in [0.4, 0.5) is 9.52 Å². The number of benzene rings is 2. The Hall–Kier alpha value is -2.62. The standard InChI is InChI=1S/C20H20FN3O3S2/c1-11-9-15(10-17(12(11)2)29(26,27)22-4)19(25)24-20-23-18(13(3)28-20)14-5-7-16(21)8-6-14/h5-10,22H,1-4H3,(H,23,24,25). The normalized spacial score (nSPS) is 11.5. The van der Waals surface area contributed by atoms with Crippen LogP contribution >= 0.6 is 11.3 Å². The van der Waals surface area contributed by atoms with Gasteiger partial charge in [-0.15, -0.1) is 11.3 Å². The number of carbonyl (C=O) groups is 1. The molecule has 2 aromatic carbocycles. The van der Waals surface area contributed by atoms with Crippen molar-refractivity contribution in [2.24, 2.45) is 0 Å². The molecule has 152 valence electrons. The van der Waals surface area contributed by atoms with E-state index in [1.54, 1.807) is 32.0 Å². The number of nitrogens with one attached hydrogen (secondary N) is 2. The zero-order valence-electron chi connectivity index (χ0n) is 16.3. The van der Waals surface area contributed by atoms with Gasteiger partial charge >= 0.3 is 0 Å². The molecule has 0 unspecified atom stereocenters. The molecule has 0 aliphatic heterocycles. The van der Waals surface area contributed by atoms with Crippen molar-refractivity contribution in [3.8, 4) is 11.3 Å². The SMILES string of the molecule is CNS(=O)(=O)c1cc(C(=O)Nc2nc(-c3ccc(F)cc3)c(C)s2)cc(C)c1C. The lowest BCUT2D eigenvalue weighted by Crippen LogP contribution is -2.21. The van der Waals surface area contributed by atoms with Gasteiger partial charge in [-0.1, -0.05) is 0 Å². The van der Waals surface area contributed by atoms with Crippen molar-refractivity contribution < 1.29 is 17.6 Å². The average Bonchev–Trinajstić information content (AvgIpc) is 3.04. The highest BCUT2D eigenvalue weighted by Gasteiger charge is 2.20. The lowest BCUT2D eigenvalue weighted by molar-refractivity contribution is 0.102. The van der Waals surface area contributed by atoms with E-state index in [1.165, 1.54) is 36.6 Å². The second-order valence-electron chi connectivity index (χ2n) is 6.51. The molecule has 9 heteroatoms. The van der Waals surface area contributed by atoms with Gasteiger partial charge in [-0.05, 0) is 75.3 Å². The Bertz CT molecular complexity index is 1190. The maximum Gasteiger partial charge on any atom is 0.257 e. The first kappa shape index (κ1) is 21.1. The molecule has 1 aromatic heterocycles. The maximum atomic E-state index is 13.1. The molecule has 3 aromatic rings. The number of hydrogen-bond donors (Lipinski definition) is 2. The van der Waals surface area contributed by atoms with Crippen molar-refractivity contribution in [2.75, 3.05) is 12.4 Å². The number of anilines is 1. The topological polar surface area (TPSA) is 88.2 Å². The number of sulfonamides is 1. The van der Waals surface area contributed by atoms with Crippen molar-refractivity contribution in [1.82, 2.24) is 9.71 Å². The molecule has 6 nitrogen and oxygen atoms in total. The highest BCUT2D eigenvalue weighted by molar-refractivity contribution is 7.89.